The maximum Gasteiger partial charge on any atom is 0.165 e. The Hall–Kier alpha value is -1.22. The minimum atomic E-state index is -0.376. The van der Waals surface area contributed by atoms with E-state index in [4.69, 9.17) is 4.74 Å². The fraction of sp³-hybridized carbons (Fsp3) is 0.462. The van der Waals surface area contributed by atoms with Crippen molar-refractivity contribution in [3.8, 4) is 0 Å². The van der Waals surface area contributed by atoms with Gasteiger partial charge in [-0.1, -0.05) is 6.07 Å². The van der Waals surface area contributed by atoms with E-state index in [2.05, 4.69) is 0 Å². The van der Waals surface area contributed by atoms with Gasteiger partial charge in [0.15, 0.2) is 5.78 Å². The van der Waals surface area contributed by atoms with Gasteiger partial charge in [-0.2, -0.15) is 0 Å². The highest BCUT2D eigenvalue weighted by atomic mass is 19.1. The Morgan fingerprint density at radius 3 is 2.75 bits per heavy atom. The van der Waals surface area contributed by atoms with Crippen molar-refractivity contribution in [3.05, 3.63) is 35.1 Å². The van der Waals surface area contributed by atoms with Gasteiger partial charge in [0.05, 0.1) is 12.7 Å². The van der Waals surface area contributed by atoms with Gasteiger partial charge in [0.2, 0.25) is 0 Å². The Kier molecular flexibility index (Phi) is 4.62. The molecule has 1 rings (SSSR count). The molecule has 0 unspecified atom stereocenters. The Morgan fingerprint density at radius 1 is 1.44 bits per heavy atom. The van der Waals surface area contributed by atoms with Crippen molar-refractivity contribution in [2.75, 3.05) is 6.61 Å². The van der Waals surface area contributed by atoms with Gasteiger partial charge in [-0.25, -0.2) is 4.39 Å². The van der Waals surface area contributed by atoms with Crippen molar-refractivity contribution in [2.45, 2.75) is 33.3 Å². The fourth-order valence-corrected chi connectivity index (χ4v) is 1.42. The third kappa shape index (κ3) is 3.74. The van der Waals surface area contributed by atoms with E-state index < -0.39 is 0 Å². The summed E-state index contributed by atoms with van der Waals surface area (Å²) in [5.74, 6) is -0.448. The molecule has 0 fully saturated rings. The van der Waals surface area contributed by atoms with E-state index in [0.717, 1.165) is 5.56 Å². The van der Waals surface area contributed by atoms with Crippen molar-refractivity contribution >= 4 is 5.78 Å². The number of Topliss-reactive ketones (excluding diaryl/α,β-unsaturated/α-hetero) is 1. The summed E-state index contributed by atoms with van der Waals surface area (Å²) < 4.78 is 18.3. The summed E-state index contributed by atoms with van der Waals surface area (Å²) in [6, 6.07) is 4.26. The predicted octanol–water partition coefficient (Wildman–Crippen LogP) is 3.13. The molecule has 0 bridgehead atoms. The van der Waals surface area contributed by atoms with Crippen LogP contribution in [0.2, 0.25) is 0 Å². The zero-order valence-electron chi connectivity index (χ0n) is 9.92. The van der Waals surface area contributed by atoms with E-state index in [1.54, 1.807) is 13.0 Å². The molecule has 0 amide bonds. The molecule has 16 heavy (non-hydrogen) atoms. The lowest BCUT2D eigenvalue weighted by molar-refractivity contribution is 0.0677. The van der Waals surface area contributed by atoms with Crippen molar-refractivity contribution < 1.29 is 13.9 Å². The van der Waals surface area contributed by atoms with Crippen LogP contribution in [-0.4, -0.2) is 18.5 Å². The first-order valence-corrected chi connectivity index (χ1v) is 5.41. The van der Waals surface area contributed by atoms with Crippen LogP contribution in [0.5, 0.6) is 0 Å². The lowest BCUT2D eigenvalue weighted by Crippen LogP contribution is -2.10. The molecule has 0 aliphatic rings. The second-order valence-corrected chi connectivity index (χ2v) is 4.05. The van der Waals surface area contributed by atoms with E-state index in [1.807, 2.05) is 13.8 Å². The molecule has 0 aromatic heterocycles. The number of ether oxygens (including phenoxy) is 1. The smallest absolute Gasteiger partial charge is 0.165 e. The Morgan fingerprint density at radius 2 is 2.12 bits per heavy atom. The number of rotatable bonds is 5. The Bertz CT molecular complexity index is 372. The van der Waals surface area contributed by atoms with E-state index in [9.17, 15) is 9.18 Å². The molecule has 0 radical (unpaired) electrons. The maximum absolute atomic E-state index is 13.0. The van der Waals surface area contributed by atoms with Gasteiger partial charge in [0.25, 0.3) is 0 Å². The van der Waals surface area contributed by atoms with E-state index in [1.165, 1.54) is 12.1 Å². The summed E-state index contributed by atoms with van der Waals surface area (Å²) in [5, 5.41) is 0. The molecular formula is C13H17FO2. The third-order valence-electron chi connectivity index (χ3n) is 2.28. The average molecular weight is 224 g/mol. The van der Waals surface area contributed by atoms with Crippen molar-refractivity contribution in [1.82, 2.24) is 0 Å². The molecule has 0 aliphatic heterocycles. The van der Waals surface area contributed by atoms with Gasteiger partial charge in [0.1, 0.15) is 5.82 Å². The quantitative estimate of drug-likeness (QED) is 0.718. The highest BCUT2D eigenvalue weighted by molar-refractivity contribution is 5.97. The minimum Gasteiger partial charge on any atom is -0.378 e. The van der Waals surface area contributed by atoms with Crippen LogP contribution in [0.25, 0.3) is 0 Å². The maximum atomic E-state index is 13.0. The van der Waals surface area contributed by atoms with Crippen molar-refractivity contribution in [2.24, 2.45) is 0 Å². The van der Waals surface area contributed by atoms with Gasteiger partial charge in [0, 0.05) is 12.0 Å². The molecule has 1 aromatic rings. The number of ketones is 1. The number of halogens is 1. The summed E-state index contributed by atoms with van der Waals surface area (Å²) >= 11 is 0. The van der Waals surface area contributed by atoms with Crippen molar-refractivity contribution in [3.63, 3.8) is 0 Å². The van der Waals surface area contributed by atoms with Crippen LogP contribution in [0.3, 0.4) is 0 Å². The number of benzene rings is 1. The van der Waals surface area contributed by atoms with Crippen LogP contribution in [0.1, 0.15) is 36.2 Å². The molecule has 0 aliphatic carbocycles. The summed E-state index contributed by atoms with van der Waals surface area (Å²) in [4.78, 5) is 11.8. The van der Waals surface area contributed by atoms with Crippen LogP contribution >= 0.6 is 0 Å². The van der Waals surface area contributed by atoms with Gasteiger partial charge < -0.3 is 4.74 Å². The van der Waals surface area contributed by atoms with E-state index in [0.29, 0.717) is 18.6 Å². The molecule has 0 saturated heterocycles. The Balaban J connectivity index is 2.62. The number of carbonyl (C=O) groups is 1. The first-order valence-electron chi connectivity index (χ1n) is 5.41. The van der Waals surface area contributed by atoms with E-state index in [-0.39, 0.29) is 17.7 Å². The lowest BCUT2D eigenvalue weighted by Gasteiger charge is -2.08. The molecule has 1 aromatic carbocycles. The zero-order valence-corrected chi connectivity index (χ0v) is 9.92. The number of carbonyl (C=O) groups excluding carboxylic acids is 1. The zero-order chi connectivity index (χ0) is 12.1. The average Bonchev–Trinajstić information content (AvgIpc) is 2.21. The van der Waals surface area contributed by atoms with Gasteiger partial charge in [-0.3, -0.25) is 4.79 Å². The van der Waals surface area contributed by atoms with Gasteiger partial charge in [-0.15, -0.1) is 0 Å². The molecule has 0 atom stereocenters. The fourth-order valence-electron chi connectivity index (χ4n) is 1.42. The molecule has 0 spiro atoms. The SMILES string of the molecule is Cc1ccc(F)cc1C(=O)CCOC(C)C. The predicted molar refractivity (Wildman–Crippen MR) is 61.2 cm³/mol. The van der Waals surface area contributed by atoms with Gasteiger partial charge in [-0.05, 0) is 38.5 Å². The largest absolute Gasteiger partial charge is 0.378 e. The number of aryl methyl sites for hydroxylation is 1. The molecule has 0 N–H and O–H groups in total. The third-order valence-corrected chi connectivity index (χ3v) is 2.28. The first kappa shape index (κ1) is 12.8. The van der Waals surface area contributed by atoms with E-state index >= 15 is 0 Å². The molecule has 2 nitrogen and oxygen atoms in total. The summed E-state index contributed by atoms with van der Waals surface area (Å²) in [5.41, 5.74) is 1.25. The normalized spacial score (nSPS) is 10.8. The second-order valence-electron chi connectivity index (χ2n) is 4.05. The first-order chi connectivity index (χ1) is 7.50. The monoisotopic (exact) mass is 224 g/mol. The van der Waals surface area contributed by atoms with Crippen LogP contribution in [0, 0.1) is 12.7 Å². The molecule has 0 saturated carbocycles. The molecule has 3 heteroatoms. The summed E-state index contributed by atoms with van der Waals surface area (Å²) in [6.07, 6.45) is 0.407. The number of hydrogen-bond donors (Lipinski definition) is 0. The van der Waals surface area contributed by atoms with Gasteiger partial charge >= 0.3 is 0 Å². The Labute approximate surface area is 95.4 Å². The highest BCUT2D eigenvalue weighted by Crippen LogP contribution is 2.12. The van der Waals surface area contributed by atoms with Crippen LogP contribution in [0.4, 0.5) is 4.39 Å². The van der Waals surface area contributed by atoms with Crippen LogP contribution in [0.15, 0.2) is 18.2 Å². The summed E-state index contributed by atoms with van der Waals surface area (Å²) in [6.45, 7) is 6.01. The lowest BCUT2D eigenvalue weighted by atomic mass is 10.0. The molecular weight excluding hydrogens is 207 g/mol. The second kappa shape index (κ2) is 5.75. The van der Waals surface area contributed by atoms with Crippen LogP contribution in [-0.2, 0) is 4.74 Å². The molecule has 88 valence electrons. The number of hydrogen-bond acceptors (Lipinski definition) is 2. The molecule has 0 heterocycles. The highest BCUT2D eigenvalue weighted by Gasteiger charge is 2.10. The van der Waals surface area contributed by atoms with Crippen molar-refractivity contribution in [1.29, 1.82) is 0 Å². The summed E-state index contributed by atoms with van der Waals surface area (Å²) in [7, 11) is 0. The minimum absolute atomic E-state index is 0.0716. The topological polar surface area (TPSA) is 26.3 Å². The standard InChI is InChI=1S/C13H17FO2/c1-9(2)16-7-6-13(15)12-8-11(14)5-4-10(12)3/h4-5,8-9H,6-7H2,1-3H3. The van der Waals surface area contributed by atoms with Crippen LogP contribution < -0.4 is 0 Å².